The molecule has 0 spiro atoms. The third kappa shape index (κ3) is 3.43. The van der Waals surface area contributed by atoms with Crippen LogP contribution in [0.25, 0.3) is 0 Å². The fourth-order valence-electron chi connectivity index (χ4n) is 1.21. The Hall–Kier alpha value is -0.340. The van der Waals surface area contributed by atoms with Crippen molar-refractivity contribution in [2.75, 3.05) is 0 Å². The van der Waals surface area contributed by atoms with E-state index in [4.69, 9.17) is 0 Å². The fraction of sp³-hybridized carbons (Fsp3) is 0. The van der Waals surface area contributed by atoms with Gasteiger partial charge in [-0.3, -0.25) is 0 Å². The van der Waals surface area contributed by atoms with Gasteiger partial charge in [0.2, 0.25) is 0 Å². The Kier molecular flexibility index (Phi) is 5.20. The summed E-state index contributed by atoms with van der Waals surface area (Å²) in [6.07, 6.45) is 0. The van der Waals surface area contributed by atoms with Crippen LogP contribution in [0, 0.1) is 0 Å². The molecule has 14 heavy (non-hydrogen) atoms. The quantitative estimate of drug-likeness (QED) is 0.587. The van der Waals surface area contributed by atoms with Gasteiger partial charge in [0, 0.05) is 23.7 Å². The normalized spacial score (nSPS) is 9.14. The van der Waals surface area contributed by atoms with E-state index in [9.17, 15) is 0 Å². The minimum atomic E-state index is 0. The molecule has 2 aromatic rings. The van der Waals surface area contributed by atoms with E-state index in [1.165, 1.54) is 10.6 Å². The second-order valence-electron chi connectivity index (χ2n) is 2.86. The number of hydrogen-bond donors (Lipinski definition) is 0. The van der Waals surface area contributed by atoms with Crippen LogP contribution < -0.4 is 10.6 Å². The molecule has 0 fully saturated rings. The van der Waals surface area contributed by atoms with Gasteiger partial charge in [-0.15, -0.1) is 0 Å². The fourth-order valence-corrected chi connectivity index (χ4v) is 2.26. The summed E-state index contributed by atoms with van der Waals surface area (Å²) in [5, 5.41) is 2.79. The summed E-state index contributed by atoms with van der Waals surface area (Å²) in [5.74, 6) is 0. The molecule has 0 saturated carbocycles. The smallest absolute Gasteiger partial charge is 0 e. The van der Waals surface area contributed by atoms with Crippen molar-refractivity contribution < 1.29 is 0 Å². The topological polar surface area (TPSA) is 0 Å². The molecule has 70 valence electrons. The largest absolute Gasteiger partial charge is 0.0622 e. The van der Waals surface area contributed by atoms with E-state index in [1.54, 1.807) is 0 Å². The summed E-state index contributed by atoms with van der Waals surface area (Å²) in [7, 11) is 0.777. The average Bonchev–Trinajstić information content (AvgIpc) is 2.21. The van der Waals surface area contributed by atoms with Crippen LogP contribution in [-0.4, -0.2) is 23.7 Å². The molecule has 2 heteroatoms. The molecule has 0 unspecified atom stereocenters. The van der Waals surface area contributed by atoms with Crippen molar-refractivity contribution in [2.24, 2.45) is 0 Å². The molecule has 0 aromatic heterocycles. The maximum absolute atomic E-state index is 2.17. The standard InChI is InChI=1S/C12H11P.Te/c1-3-7-11(8-4-1)13-12-9-5-2-6-10-12;/h1-10,13H;. The van der Waals surface area contributed by atoms with Crippen molar-refractivity contribution in [3.05, 3.63) is 60.7 Å². The first-order chi connectivity index (χ1) is 6.45. The van der Waals surface area contributed by atoms with Gasteiger partial charge in [-0.1, -0.05) is 69.2 Å². The second-order valence-corrected chi connectivity index (χ2v) is 4.26. The Labute approximate surface area is 103 Å². The minimum absolute atomic E-state index is 0. The van der Waals surface area contributed by atoms with Gasteiger partial charge in [0.1, 0.15) is 0 Å². The summed E-state index contributed by atoms with van der Waals surface area (Å²) in [5.41, 5.74) is 0. The maximum atomic E-state index is 2.17. The molecule has 0 bridgehead atoms. The van der Waals surface area contributed by atoms with Crippen molar-refractivity contribution in [2.45, 2.75) is 0 Å². The first kappa shape index (κ1) is 11.7. The molecule has 0 amide bonds. The molecule has 2 rings (SSSR count). The number of hydrogen-bond acceptors (Lipinski definition) is 0. The van der Waals surface area contributed by atoms with E-state index >= 15 is 0 Å². The van der Waals surface area contributed by atoms with Crippen molar-refractivity contribution in [1.82, 2.24) is 0 Å². The van der Waals surface area contributed by atoms with Gasteiger partial charge < -0.3 is 0 Å². The molecule has 0 saturated heterocycles. The Bertz CT molecular complexity index is 321. The van der Waals surface area contributed by atoms with Gasteiger partial charge in [-0.05, 0) is 10.6 Å². The van der Waals surface area contributed by atoms with E-state index in [2.05, 4.69) is 60.7 Å². The molecule has 0 aliphatic carbocycles. The zero-order valence-corrected chi connectivity index (χ0v) is 11.0. The van der Waals surface area contributed by atoms with Crippen molar-refractivity contribution >= 4 is 42.9 Å². The van der Waals surface area contributed by atoms with E-state index < -0.39 is 0 Å². The monoisotopic (exact) mass is 316 g/mol. The summed E-state index contributed by atoms with van der Waals surface area (Å²) in [4.78, 5) is 0. The molecule has 2 aromatic carbocycles. The van der Waals surface area contributed by atoms with E-state index in [1.807, 2.05) is 0 Å². The van der Waals surface area contributed by atoms with Crippen LogP contribution in [0.15, 0.2) is 60.7 Å². The third-order valence-corrected chi connectivity index (χ3v) is 3.08. The van der Waals surface area contributed by atoms with Crippen molar-refractivity contribution in [3.8, 4) is 0 Å². The molecule has 0 aliphatic rings. The Balaban J connectivity index is 0.000000980. The van der Waals surface area contributed by atoms with Crippen LogP contribution in [-0.2, 0) is 0 Å². The summed E-state index contributed by atoms with van der Waals surface area (Å²) >= 11 is 0. The van der Waals surface area contributed by atoms with Gasteiger partial charge in [0.15, 0.2) is 0 Å². The molecule has 0 N–H and O–H groups in total. The molecule has 0 nitrogen and oxygen atoms in total. The zero-order chi connectivity index (χ0) is 8.93. The van der Waals surface area contributed by atoms with Crippen LogP contribution in [0.2, 0.25) is 0 Å². The molecular formula is C12H11PTe. The second kappa shape index (κ2) is 6.20. The number of rotatable bonds is 2. The average molecular weight is 314 g/mol. The summed E-state index contributed by atoms with van der Waals surface area (Å²) in [6.45, 7) is 0. The number of benzene rings is 2. The predicted octanol–water partition coefficient (Wildman–Crippen LogP) is 1.94. The zero-order valence-electron chi connectivity index (χ0n) is 7.68. The van der Waals surface area contributed by atoms with Crippen molar-refractivity contribution in [1.29, 1.82) is 0 Å². The van der Waals surface area contributed by atoms with Crippen molar-refractivity contribution in [3.63, 3.8) is 0 Å². The first-order valence-corrected chi connectivity index (χ1v) is 5.32. The van der Waals surface area contributed by atoms with E-state index in [0.29, 0.717) is 0 Å². The van der Waals surface area contributed by atoms with Crippen LogP contribution in [0.1, 0.15) is 0 Å². The molecule has 2 radical (unpaired) electrons. The molecule has 0 atom stereocenters. The van der Waals surface area contributed by atoms with Gasteiger partial charge >= 0.3 is 0 Å². The van der Waals surface area contributed by atoms with Crippen LogP contribution in [0.4, 0.5) is 0 Å². The van der Waals surface area contributed by atoms with Crippen LogP contribution in [0.3, 0.4) is 0 Å². The third-order valence-electron chi connectivity index (χ3n) is 1.84. The Morgan fingerprint density at radius 2 is 0.929 bits per heavy atom. The minimum Gasteiger partial charge on any atom is -0.0622 e. The summed E-state index contributed by atoms with van der Waals surface area (Å²) in [6, 6.07) is 21.2. The molecule has 0 heterocycles. The maximum Gasteiger partial charge on any atom is 0 e. The van der Waals surface area contributed by atoms with Gasteiger partial charge in [-0.2, -0.15) is 0 Å². The van der Waals surface area contributed by atoms with Gasteiger partial charge in [-0.25, -0.2) is 0 Å². The van der Waals surface area contributed by atoms with Gasteiger partial charge in [0.25, 0.3) is 0 Å². The Morgan fingerprint density at radius 1 is 0.571 bits per heavy atom. The van der Waals surface area contributed by atoms with Crippen LogP contribution >= 0.6 is 8.58 Å². The van der Waals surface area contributed by atoms with E-state index in [0.717, 1.165) is 8.58 Å². The van der Waals surface area contributed by atoms with Crippen LogP contribution in [0.5, 0.6) is 0 Å². The Morgan fingerprint density at radius 3 is 1.29 bits per heavy atom. The van der Waals surface area contributed by atoms with Gasteiger partial charge in [0.05, 0.1) is 0 Å². The molecular weight excluding hydrogens is 303 g/mol. The SMILES string of the molecule is [Te].c1ccc(Pc2ccccc2)cc1. The molecule has 0 aliphatic heterocycles. The predicted molar refractivity (Wildman–Crippen MR) is 66.2 cm³/mol. The van der Waals surface area contributed by atoms with E-state index in [-0.39, 0.29) is 23.7 Å². The summed E-state index contributed by atoms with van der Waals surface area (Å²) < 4.78 is 0. The first-order valence-electron chi connectivity index (χ1n) is 4.32.